The zero-order valence-electron chi connectivity index (χ0n) is 11.2. The van der Waals surface area contributed by atoms with Crippen LogP contribution in [0.4, 0.5) is 0 Å². The van der Waals surface area contributed by atoms with E-state index in [2.05, 4.69) is 19.9 Å². The molecule has 0 aromatic rings. The van der Waals surface area contributed by atoms with Crippen LogP contribution in [-0.4, -0.2) is 10.7 Å². The minimum atomic E-state index is -0.499. The smallest absolute Gasteiger partial charge is 0.0620 e. The van der Waals surface area contributed by atoms with Crippen molar-refractivity contribution in [3.63, 3.8) is 0 Å². The topological polar surface area (TPSA) is 20.2 Å². The van der Waals surface area contributed by atoms with Gasteiger partial charge < -0.3 is 5.11 Å². The number of aliphatic hydroxyl groups is 1. The van der Waals surface area contributed by atoms with Crippen molar-refractivity contribution in [1.29, 1.82) is 0 Å². The predicted octanol–water partition coefficient (Wildman–Crippen LogP) is 3.92. The summed E-state index contributed by atoms with van der Waals surface area (Å²) in [7, 11) is 0. The molecule has 2 rings (SSSR count). The fourth-order valence-electron chi connectivity index (χ4n) is 3.90. The molecule has 0 aromatic heterocycles. The molecule has 0 aromatic carbocycles. The Labute approximate surface area is 99.9 Å². The summed E-state index contributed by atoms with van der Waals surface area (Å²) >= 11 is 0. The van der Waals surface area contributed by atoms with Gasteiger partial charge in [0.15, 0.2) is 0 Å². The summed E-state index contributed by atoms with van der Waals surface area (Å²) in [5.74, 6) is 1.28. The maximum atomic E-state index is 10.2. The first-order valence-electron chi connectivity index (χ1n) is 6.76. The van der Waals surface area contributed by atoms with Gasteiger partial charge in [-0.25, -0.2) is 0 Å². The van der Waals surface area contributed by atoms with Crippen LogP contribution in [0.5, 0.6) is 0 Å². The number of hydrogen-bond acceptors (Lipinski definition) is 1. The number of hydrogen-bond donors (Lipinski definition) is 1. The third-order valence-corrected chi connectivity index (χ3v) is 5.33. The second-order valence-corrected chi connectivity index (χ2v) is 6.62. The number of rotatable bonds is 1. The van der Waals surface area contributed by atoms with Gasteiger partial charge in [-0.3, -0.25) is 0 Å². The maximum absolute atomic E-state index is 10.2. The molecule has 0 heterocycles. The highest BCUT2D eigenvalue weighted by molar-refractivity contribution is 5.20. The van der Waals surface area contributed by atoms with E-state index in [1.54, 1.807) is 5.57 Å². The first-order valence-corrected chi connectivity index (χ1v) is 6.76. The average molecular weight is 222 g/mol. The summed E-state index contributed by atoms with van der Waals surface area (Å²) in [6.07, 6.45) is 8.69. The summed E-state index contributed by atoms with van der Waals surface area (Å²) in [5.41, 5.74) is 1.52. The quantitative estimate of drug-likeness (QED) is 0.667. The zero-order chi connectivity index (χ0) is 12.0. The van der Waals surface area contributed by atoms with Gasteiger partial charge in [-0.05, 0) is 70.1 Å². The molecule has 0 radical (unpaired) electrons. The third kappa shape index (κ3) is 1.84. The molecule has 2 aliphatic rings. The summed E-state index contributed by atoms with van der Waals surface area (Å²) in [6, 6.07) is 0. The molecule has 0 bridgehead atoms. The van der Waals surface area contributed by atoms with Crippen LogP contribution in [0.3, 0.4) is 0 Å². The maximum Gasteiger partial charge on any atom is 0.0620 e. The van der Waals surface area contributed by atoms with Crippen molar-refractivity contribution in [3.05, 3.63) is 11.6 Å². The first-order chi connectivity index (χ1) is 7.36. The highest BCUT2D eigenvalue weighted by atomic mass is 16.3. The minimum Gasteiger partial charge on any atom is -0.390 e. The summed E-state index contributed by atoms with van der Waals surface area (Å²) in [6.45, 7) is 8.66. The van der Waals surface area contributed by atoms with Crippen LogP contribution in [0.2, 0.25) is 0 Å². The van der Waals surface area contributed by atoms with Gasteiger partial charge in [0.2, 0.25) is 0 Å². The Morgan fingerprint density at radius 3 is 2.56 bits per heavy atom. The van der Waals surface area contributed by atoms with Crippen molar-refractivity contribution in [2.45, 2.75) is 65.4 Å². The fraction of sp³-hybridized carbons (Fsp3) is 0.867. The van der Waals surface area contributed by atoms with Gasteiger partial charge in [0.25, 0.3) is 0 Å². The van der Waals surface area contributed by atoms with E-state index >= 15 is 0 Å². The Hall–Kier alpha value is -0.300. The lowest BCUT2D eigenvalue weighted by Gasteiger charge is -2.41. The normalized spacial score (nSPS) is 40.2. The molecule has 1 fully saturated rings. The molecule has 1 nitrogen and oxygen atoms in total. The lowest BCUT2D eigenvalue weighted by atomic mass is 9.64. The highest BCUT2D eigenvalue weighted by Gasteiger charge is 2.48. The largest absolute Gasteiger partial charge is 0.390 e. The van der Waals surface area contributed by atoms with E-state index in [9.17, 15) is 5.11 Å². The van der Waals surface area contributed by atoms with Crippen molar-refractivity contribution >= 4 is 0 Å². The van der Waals surface area contributed by atoms with Crippen molar-refractivity contribution in [1.82, 2.24) is 0 Å². The van der Waals surface area contributed by atoms with E-state index in [4.69, 9.17) is 0 Å². The van der Waals surface area contributed by atoms with Gasteiger partial charge in [0.05, 0.1) is 5.60 Å². The van der Waals surface area contributed by atoms with Crippen molar-refractivity contribution in [2.24, 2.45) is 17.3 Å². The molecule has 1 heteroatoms. The fourth-order valence-corrected chi connectivity index (χ4v) is 3.90. The van der Waals surface area contributed by atoms with E-state index in [-0.39, 0.29) is 0 Å². The van der Waals surface area contributed by atoms with E-state index < -0.39 is 5.60 Å². The molecular formula is C15H26O. The van der Waals surface area contributed by atoms with Gasteiger partial charge in [-0.15, -0.1) is 0 Å². The molecule has 0 amide bonds. The average Bonchev–Trinajstić information content (AvgIpc) is 2.60. The van der Waals surface area contributed by atoms with Crippen molar-refractivity contribution in [2.75, 3.05) is 0 Å². The van der Waals surface area contributed by atoms with Crippen molar-refractivity contribution < 1.29 is 5.11 Å². The van der Waals surface area contributed by atoms with Crippen LogP contribution >= 0.6 is 0 Å². The lowest BCUT2D eigenvalue weighted by Crippen LogP contribution is -2.34. The molecule has 0 saturated heterocycles. The molecule has 1 spiro atoms. The van der Waals surface area contributed by atoms with Gasteiger partial charge >= 0.3 is 0 Å². The van der Waals surface area contributed by atoms with E-state index in [1.165, 1.54) is 32.1 Å². The molecule has 16 heavy (non-hydrogen) atoms. The molecule has 0 aliphatic heterocycles. The summed E-state index contributed by atoms with van der Waals surface area (Å²) < 4.78 is 0. The highest BCUT2D eigenvalue weighted by Crippen LogP contribution is 2.56. The molecule has 1 unspecified atom stereocenters. The Kier molecular flexibility index (Phi) is 2.94. The van der Waals surface area contributed by atoms with Crippen LogP contribution in [-0.2, 0) is 0 Å². The van der Waals surface area contributed by atoms with E-state index in [0.29, 0.717) is 11.3 Å². The molecule has 92 valence electrons. The number of allylic oxidation sites excluding steroid dienone is 2. The summed E-state index contributed by atoms with van der Waals surface area (Å²) in [5, 5.41) is 10.2. The zero-order valence-corrected chi connectivity index (χ0v) is 11.2. The molecule has 3 atom stereocenters. The summed E-state index contributed by atoms with van der Waals surface area (Å²) in [4.78, 5) is 0. The monoisotopic (exact) mass is 222 g/mol. The van der Waals surface area contributed by atoms with Gasteiger partial charge in [0.1, 0.15) is 0 Å². The van der Waals surface area contributed by atoms with Crippen LogP contribution in [0.25, 0.3) is 0 Å². The van der Waals surface area contributed by atoms with Gasteiger partial charge in [-0.1, -0.05) is 18.6 Å². The standard InChI is InChI=1S/C15H26O/c1-11-6-5-7-12(2)15(11)9-8-13(10-15)14(3,4)16/h6,12-13,16H,5,7-10H2,1-4H3/t12?,13-,15-/m1/s1. The second kappa shape index (κ2) is 3.87. The van der Waals surface area contributed by atoms with Gasteiger partial charge in [-0.2, -0.15) is 0 Å². The third-order valence-electron chi connectivity index (χ3n) is 5.33. The van der Waals surface area contributed by atoms with E-state index in [0.717, 1.165) is 5.92 Å². The molecular weight excluding hydrogens is 196 g/mol. The lowest BCUT2D eigenvalue weighted by molar-refractivity contribution is 0.0128. The minimum absolute atomic E-state index is 0.420. The molecule has 1 N–H and O–H groups in total. The molecule has 2 aliphatic carbocycles. The SMILES string of the molecule is CC1=CCCC(C)[C@@]12CC[C@@H](C(C)(C)O)C2. The van der Waals surface area contributed by atoms with Crippen molar-refractivity contribution in [3.8, 4) is 0 Å². The van der Waals surface area contributed by atoms with Crippen LogP contribution < -0.4 is 0 Å². The Bertz CT molecular complexity index is 297. The van der Waals surface area contributed by atoms with Crippen LogP contribution in [0.1, 0.15) is 59.8 Å². The first kappa shape index (κ1) is 12.2. The second-order valence-electron chi connectivity index (χ2n) is 6.62. The van der Waals surface area contributed by atoms with Gasteiger partial charge in [0, 0.05) is 0 Å². The Balaban J connectivity index is 2.22. The van der Waals surface area contributed by atoms with E-state index in [1.807, 2.05) is 13.8 Å². The predicted molar refractivity (Wildman–Crippen MR) is 68.2 cm³/mol. The van der Waals surface area contributed by atoms with Crippen LogP contribution in [0, 0.1) is 17.3 Å². The Morgan fingerprint density at radius 1 is 1.38 bits per heavy atom. The molecule has 1 saturated carbocycles. The van der Waals surface area contributed by atoms with Crippen LogP contribution in [0.15, 0.2) is 11.6 Å². The Morgan fingerprint density at radius 2 is 2.06 bits per heavy atom.